The summed E-state index contributed by atoms with van der Waals surface area (Å²) in [6, 6.07) is 5.55. The second-order valence-corrected chi connectivity index (χ2v) is 10.2. The summed E-state index contributed by atoms with van der Waals surface area (Å²) in [6.45, 7) is 0.926. The van der Waals surface area contributed by atoms with Crippen LogP contribution < -0.4 is 10.1 Å². The number of hydrogen-bond donors (Lipinski definition) is 1. The van der Waals surface area contributed by atoms with Gasteiger partial charge in [0, 0.05) is 24.0 Å². The highest BCUT2D eigenvalue weighted by Gasteiger charge is 2.32. The fourth-order valence-electron chi connectivity index (χ4n) is 3.22. The van der Waals surface area contributed by atoms with Gasteiger partial charge < -0.3 is 4.74 Å². The number of sulfonamides is 1. The number of thiophene rings is 1. The Morgan fingerprint density at radius 2 is 2.00 bits per heavy atom. The molecule has 0 spiro atoms. The summed E-state index contributed by atoms with van der Waals surface area (Å²) in [7, 11) is -2.23. The Bertz CT molecular complexity index is 1180. The Kier molecular flexibility index (Phi) is 5.87. The Morgan fingerprint density at radius 1 is 1.23 bits per heavy atom. The van der Waals surface area contributed by atoms with Gasteiger partial charge in [-0.05, 0) is 42.5 Å². The van der Waals surface area contributed by atoms with Crippen molar-refractivity contribution in [3.05, 3.63) is 45.7 Å². The zero-order chi connectivity index (χ0) is 21.3. The first-order valence-electron chi connectivity index (χ1n) is 9.08. The van der Waals surface area contributed by atoms with Crippen LogP contribution in [0.1, 0.15) is 22.5 Å². The lowest BCUT2D eigenvalue weighted by atomic mass is 10.1. The van der Waals surface area contributed by atoms with Crippen molar-refractivity contribution in [1.82, 2.24) is 9.29 Å². The number of thiazole rings is 1. The number of amides is 1. The molecule has 1 aliphatic rings. The molecule has 2 aromatic heterocycles. The minimum atomic E-state index is -3.71. The lowest BCUT2D eigenvalue weighted by Gasteiger charge is -2.15. The molecular weight excluding hydrogens is 449 g/mol. The molecule has 1 fully saturated rings. The van der Waals surface area contributed by atoms with E-state index in [-0.39, 0.29) is 14.9 Å². The van der Waals surface area contributed by atoms with Crippen LogP contribution >= 0.6 is 22.7 Å². The van der Waals surface area contributed by atoms with Crippen LogP contribution in [-0.4, -0.2) is 43.8 Å². The van der Waals surface area contributed by atoms with Crippen molar-refractivity contribution < 1.29 is 22.3 Å². The minimum absolute atomic E-state index is 0.00970. The first-order valence-corrected chi connectivity index (χ1v) is 12.3. The quantitative estimate of drug-likeness (QED) is 0.591. The maximum absolute atomic E-state index is 13.6. The Labute approximate surface area is 181 Å². The van der Waals surface area contributed by atoms with Crippen LogP contribution in [-0.2, 0) is 10.0 Å². The van der Waals surface area contributed by atoms with E-state index in [0.29, 0.717) is 30.1 Å². The number of anilines is 1. The summed E-state index contributed by atoms with van der Waals surface area (Å²) in [5, 5.41) is 6.18. The maximum atomic E-state index is 13.6. The van der Waals surface area contributed by atoms with E-state index in [9.17, 15) is 17.6 Å². The zero-order valence-electron chi connectivity index (χ0n) is 15.9. The average Bonchev–Trinajstić information content (AvgIpc) is 3.48. The molecule has 0 bridgehead atoms. The molecule has 0 aliphatic carbocycles. The van der Waals surface area contributed by atoms with Crippen LogP contribution in [0.15, 0.2) is 39.9 Å². The fraction of sp³-hybridized carbons (Fsp3) is 0.263. The summed E-state index contributed by atoms with van der Waals surface area (Å²) < 4.78 is 46.0. The fourth-order valence-corrected chi connectivity index (χ4v) is 6.74. The number of halogens is 1. The SMILES string of the molecule is COc1ccc(F)cc1-c1csc(NC(=O)c2sccc2S(=O)(=O)N2CCCC2)n1. The molecule has 0 atom stereocenters. The highest BCUT2D eigenvalue weighted by molar-refractivity contribution is 7.89. The first kappa shape index (κ1) is 20.9. The van der Waals surface area contributed by atoms with E-state index in [4.69, 9.17) is 4.74 Å². The summed E-state index contributed by atoms with van der Waals surface area (Å²) in [5.74, 6) is -0.522. The maximum Gasteiger partial charge on any atom is 0.268 e. The first-order chi connectivity index (χ1) is 14.4. The van der Waals surface area contributed by atoms with Crippen molar-refractivity contribution in [2.45, 2.75) is 17.7 Å². The van der Waals surface area contributed by atoms with Crippen molar-refractivity contribution in [3.63, 3.8) is 0 Å². The van der Waals surface area contributed by atoms with Crippen LogP contribution in [0.5, 0.6) is 5.75 Å². The van der Waals surface area contributed by atoms with Gasteiger partial charge in [-0.3, -0.25) is 10.1 Å². The van der Waals surface area contributed by atoms with E-state index in [1.54, 1.807) is 10.8 Å². The van der Waals surface area contributed by atoms with Gasteiger partial charge in [0.25, 0.3) is 5.91 Å². The van der Waals surface area contributed by atoms with Gasteiger partial charge in [-0.25, -0.2) is 17.8 Å². The van der Waals surface area contributed by atoms with E-state index in [0.717, 1.165) is 35.5 Å². The van der Waals surface area contributed by atoms with Crippen molar-refractivity contribution in [1.29, 1.82) is 0 Å². The van der Waals surface area contributed by atoms with Gasteiger partial charge in [-0.15, -0.1) is 22.7 Å². The number of ether oxygens (including phenoxy) is 1. The van der Waals surface area contributed by atoms with Gasteiger partial charge in [-0.1, -0.05) is 0 Å². The molecule has 0 unspecified atom stereocenters. The molecular formula is C19H18FN3O4S3. The largest absolute Gasteiger partial charge is 0.496 e. The number of benzene rings is 1. The molecule has 3 heterocycles. The highest BCUT2D eigenvalue weighted by Crippen LogP contribution is 2.34. The van der Waals surface area contributed by atoms with E-state index in [2.05, 4.69) is 10.3 Å². The summed E-state index contributed by atoms with van der Waals surface area (Å²) in [4.78, 5) is 17.2. The van der Waals surface area contributed by atoms with Gasteiger partial charge >= 0.3 is 0 Å². The standard InChI is InChI=1S/C19H18FN3O4S3/c1-27-15-5-4-12(20)10-13(15)14-11-29-19(21-14)22-18(24)17-16(6-9-28-17)30(25,26)23-7-2-3-8-23/h4-6,9-11H,2-3,7-8H2,1H3,(H,21,22,24). The molecule has 4 rings (SSSR count). The number of nitrogens with zero attached hydrogens (tertiary/aromatic N) is 2. The summed E-state index contributed by atoms with van der Waals surface area (Å²) >= 11 is 2.22. The molecule has 3 aromatic rings. The van der Waals surface area contributed by atoms with E-state index >= 15 is 0 Å². The van der Waals surface area contributed by atoms with Crippen LogP contribution in [0.4, 0.5) is 9.52 Å². The van der Waals surface area contributed by atoms with E-state index < -0.39 is 21.7 Å². The Balaban J connectivity index is 1.57. The molecule has 11 heteroatoms. The minimum Gasteiger partial charge on any atom is -0.496 e. The summed E-state index contributed by atoms with van der Waals surface area (Å²) in [6.07, 6.45) is 1.63. The predicted octanol–water partition coefficient (Wildman–Crippen LogP) is 4.06. The molecule has 1 aromatic carbocycles. The highest BCUT2D eigenvalue weighted by atomic mass is 32.2. The Hall–Kier alpha value is -2.34. The number of methoxy groups -OCH3 is 1. The van der Waals surface area contributed by atoms with Crippen LogP contribution in [0.3, 0.4) is 0 Å². The van der Waals surface area contributed by atoms with Crippen molar-refractivity contribution in [3.8, 4) is 17.0 Å². The van der Waals surface area contributed by atoms with Gasteiger partial charge in [0.2, 0.25) is 10.0 Å². The van der Waals surface area contributed by atoms with Crippen molar-refractivity contribution in [2.75, 3.05) is 25.5 Å². The monoisotopic (exact) mass is 467 g/mol. The molecule has 1 N–H and O–H groups in total. The molecule has 1 amide bonds. The molecule has 7 nitrogen and oxygen atoms in total. The van der Waals surface area contributed by atoms with Gasteiger partial charge in [-0.2, -0.15) is 4.31 Å². The van der Waals surface area contributed by atoms with Crippen molar-refractivity contribution >= 4 is 43.7 Å². The predicted molar refractivity (Wildman–Crippen MR) is 114 cm³/mol. The molecule has 0 radical (unpaired) electrons. The zero-order valence-corrected chi connectivity index (χ0v) is 18.4. The molecule has 30 heavy (non-hydrogen) atoms. The number of carbonyl (C=O) groups is 1. The molecule has 1 aliphatic heterocycles. The summed E-state index contributed by atoms with van der Waals surface area (Å²) in [5.41, 5.74) is 0.908. The third-order valence-corrected chi connectivity index (χ3v) is 8.42. The third-order valence-electron chi connectivity index (χ3n) is 4.68. The molecule has 1 saturated heterocycles. The van der Waals surface area contributed by atoms with Crippen LogP contribution in [0, 0.1) is 5.82 Å². The number of nitrogens with one attached hydrogen (secondary N) is 1. The van der Waals surface area contributed by atoms with Gasteiger partial charge in [0.15, 0.2) is 5.13 Å². The molecule has 158 valence electrons. The normalized spacial score (nSPS) is 14.7. The van der Waals surface area contributed by atoms with Crippen LogP contribution in [0.2, 0.25) is 0 Å². The number of hydrogen-bond acceptors (Lipinski definition) is 7. The van der Waals surface area contributed by atoms with Crippen LogP contribution in [0.25, 0.3) is 11.3 Å². The second-order valence-electron chi connectivity index (χ2n) is 6.56. The lowest BCUT2D eigenvalue weighted by Crippen LogP contribution is -2.29. The number of rotatable bonds is 6. The Morgan fingerprint density at radius 3 is 2.73 bits per heavy atom. The third kappa shape index (κ3) is 3.97. The lowest BCUT2D eigenvalue weighted by molar-refractivity contribution is 0.102. The second kappa shape index (κ2) is 8.42. The smallest absolute Gasteiger partial charge is 0.268 e. The van der Waals surface area contributed by atoms with Gasteiger partial charge in [0.1, 0.15) is 21.3 Å². The topological polar surface area (TPSA) is 88.6 Å². The average molecular weight is 468 g/mol. The van der Waals surface area contributed by atoms with E-state index in [1.165, 1.54) is 35.7 Å². The number of aromatic nitrogens is 1. The molecule has 0 saturated carbocycles. The van der Waals surface area contributed by atoms with Crippen molar-refractivity contribution in [2.24, 2.45) is 0 Å². The number of carbonyl (C=O) groups excluding carboxylic acids is 1. The van der Waals surface area contributed by atoms with E-state index in [1.807, 2.05) is 0 Å². The van der Waals surface area contributed by atoms with Gasteiger partial charge in [0.05, 0.1) is 12.8 Å².